The van der Waals surface area contributed by atoms with Gasteiger partial charge in [-0.05, 0) is 19.4 Å². The summed E-state index contributed by atoms with van der Waals surface area (Å²) in [5.74, 6) is -0.459. The van der Waals surface area contributed by atoms with E-state index in [1.165, 1.54) is 0 Å². The first kappa shape index (κ1) is 13.1. The second kappa shape index (κ2) is 4.86. The fraction of sp³-hybridized carbons (Fsp3) is 0.500. The maximum absolute atomic E-state index is 11.3. The lowest BCUT2D eigenvalue weighted by atomic mass is 10.1. The van der Waals surface area contributed by atoms with Gasteiger partial charge in [0.05, 0.1) is 35.6 Å². The smallest absolute Gasteiger partial charge is 0.408 e. The van der Waals surface area contributed by atoms with E-state index >= 15 is 0 Å². The van der Waals surface area contributed by atoms with Crippen molar-refractivity contribution >= 4 is 22.5 Å². The summed E-state index contributed by atoms with van der Waals surface area (Å²) in [6, 6.07) is 3.88. The molecule has 1 aliphatic rings. The molecule has 2 atom stereocenters. The number of nitrogens with two attached hydrogens (primary N) is 1. The maximum Gasteiger partial charge on any atom is 0.417 e. The molecule has 3 rings (SSSR count). The van der Waals surface area contributed by atoms with Gasteiger partial charge in [-0.15, -0.1) is 0 Å². The molecule has 0 amide bonds. The zero-order chi connectivity index (χ0) is 14.3. The van der Waals surface area contributed by atoms with Crippen molar-refractivity contribution in [3.8, 4) is 0 Å². The van der Waals surface area contributed by atoms with E-state index in [9.17, 15) is 4.79 Å². The van der Waals surface area contributed by atoms with Crippen molar-refractivity contribution < 1.29 is 9.15 Å². The number of aromatic amines is 1. The summed E-state index contributed by atoms with van der Waals surface area (Å²) in [4.78, 5) is 16.2. The Bertz CT molecular complexity index is 676. The average Bonchev–Trinajstić information content (AvgIpc) is 2.76. The van der Waals surface area contributed by atoms with Crippen molar-refractivity contribution in [2.75, 3.05) is 23.8 Å². The molecular weight excluding hydrogens is 258 g/mol. The van der Waals surface area contributed by atoms with Crippen LogP contribution in [0.25, 0.3) is 11.1 Å². The molecule has 0 spiro atoms. The highest BCUT2D eigenvalue weighted by Crippen LogP contribution is 2.32. The molecule has 3 N–H and O–H groups in total. The largest absolute Gasteiger partial charge is 0.417 e. The van der Waals surface area contributed by atoms with E-state index in [1.54, 1.807) is 6.07 Å². The topological polar surface area (TPSA) is 84.5 Å². The number of H-pyrrole nitrogens is 1. The van der Waals surface area contributed by atoms with Crippen molar-refractivity contribution in [1.29, 1.82) is 0 Å². The van der Waals surface area contributed by atoms with Gasteiger partial charge in [-0.1, -0.05) is 6.92 Å². The molecule has 1 saturated heterocycles. The van der Waals surface area contributed by atoms with E-state index in [0.29, 0.717) is 29.4 Å². The van der Waals surface area contributed by atoms with Gasteiger partial charge in [-0.2, -0.15) is 0 Å². The van der Waals surface area contributed by atoms with Crippen LogP contribution in [0.1, 0.15) is 20.3 Å². The number of oxazole rings is 1. The minimum atomic E-state index is -0.459. The van der Waals surface area contributed by atoms with Crippen LogP contribution in [0.5, 0.6) is 0 Å². The Kier molecular flexibility index (Phi) is 3.17. The molecule has 2 aromatic rings. The third-order valence-electron chi connectivity index (χ3n) is 3.82. The Labute approximate surface area is 116 Å². The Morgan fingerprint density at radius 1 is 1.50 bits per heavy atom. The number of hydrogen-bond acceptors (Lipinski definition) is 5. The van der Waals surface area contributed by atoms with Crippen LogP contribution in [-0.2, 0) is 4.74 Å². The van der Waals surface area contributed by atoms with Crippen molar-refractivity contribution in [2.45, 2.75) is 32.4 Å². The fourth-order valence-corrected chi connectivity index (χ4v) is 2.73. The van der Waals surface area contributed by atoms with Gasteiger partial charge >= 0.3 is 5.76 Å². The Morgan fingerprint density at radius 3 is 3.05 bits per heavy atom. The van der Waals surface area contributed by atoms with Gasteiger partial charge in [-0.3, -0.25) is 4.98 Å². The highest BCUT2D eigenvalue weighted by molar-refractivity contribution is 5.85. The number of ether oxygens (including phenoxy) is 1. The Hall–Kier alpha value is -1.95. The third-order valence-corrected chi connectivity index (χ3v) is 3.82. The van der Waals surface area contributed by atoms with Crippen LogP contribution in [0, 0.1) is 0 Å². The van der Waals surface area contributed by atoms with Gasteiger partial charge in [0.2, 0.25) is 0 Å². The van der Waals surface area contributed by atoms with E-state index in [4.69, 9.17) is 14.9 Å². The van der Waals surface area contributed by atoms with Crippen LogP contribution < -0.4 is 16.4 Å². The van der Waals surface area contributed by atoms with Gasteiger partial charge in [0.1, 0.15) is 0 Å². The summed E-state index contributed by atoms with van der Waals surface area (Å²) in [5.41, 5.74) is 8.84. The van der Waals surface area contributed by atoms with Gasteiger partial charge in [0, 0.05) is 12.6 Å². The van der Waals surface area contributed by atoms with E-state index in [-0.39, 0.29) is 6.10 Å². The maximum atomic E-state index is 11.3. The molecule has 1 aromatic carbocycles. The van der Waals surface area contributed by atoms with Crippen molar-refractivity contribution in [3.63, 3.8) is 0 Å². The lowest BCUT2D eigenvalue weighted by Gasteiger charge is -2.40. The van der Waals surface area contributed by atoms with Crippen LogP contribution >= 0.6 is 0 Å². The first-order chi connectivity index (χ1) is 9.58. The quantitative estimate of drug-likeness (QED) is 0.816. The second-order valence-corrected chi connectivity index (χ2v) is 5.28. The predicted octanol–water partition coefficient (Wildman–Crippen LogP) is 1.71. The molecule has 1 aromatic heterocycles. The number of fused-ring (bicyclic) bond motifs is 1. The standard InChI is InChI=1S/C14H19N3O3/c1-3-9-7-19-8(2)6-17(9)12-5-11-13(4-10(12)15)20-14(18)16-11/h4-5,8-9H,3,6-7,15H2,1-2H3,(H,16,18). The lowest BCUT2D eigenvalue weighted by molar-refractivity contribution is 0.0300. The second-order valence-electron chi connectivity index (χ2n) is 5.28. The lowest BCUT2D eigenvalue weighted by Crippen LogP contribution is -2.48. The number of aromatic nitrogens is 1. The molecule has 0 saturated carbocycles. The minimum absolute atomic E-state index is 0.163. The molecule has 1 fully saturated rings. The number of nitrogen functional groups attached to an aromatic ring is 1. The van der Waals surface area contributed by atoms with Crippen LogP contribution in [0.3, 0.4) is 0 Å². The molecular formula is C14H19N3O3. The molecule has 0 aliphatic carbocycles. The van der Waals surface area contributed by atoms with Crippen LogP contribution in [0.15, 0.2) is 21.3 Å². The zero-order valence-electron chi connectivity index (χ0n) is 11.7. The normalized spacial score (nSPS) is 23.4. The summed E-state index contributed by atoms with van der Waals surface area (Å²) < 4.78 is 10.7. The van der Waals surface area contributed by atoms with Gasteiger partial charge in [0.15, 0.2) is 5.58 Å². The minimum Gasteiger partial charge on any atom is -0.408 e. The van der Waals surface area contributed by atoms with Gasteiger partial charge < -0.3 is 19.8 Å². The number of morpholine rings is 1. The van der Waals surface area contributed by atoms with E-state index in [0.717, 1.165) is 18.7 Å². The van der Waals surface area contributed by atoms with Crippen LogP contribution in [-0.4, -0.2) is 30.3 Å². The molecule has 1 aliphatic heterocycles. The number of benzene rings is 1. The summed E-state index contributed by atoms with van der Waals surface area (Å²) in [5, 5.41) is 0. The molecule has 20 heavy (non-hydrogen) atoms. The zero-order valence-corrected chi connectivity index (χ0v) is 11.7. The summed E-state index contributed by atoms with van der Waals surface area (Å²) >= 11 is 0. The highest BCUT2D eigenvalue weighted by atomic mass is 16.5. The summed E-state index contributed by atoms with van der Waals surface area (Å²) in [6.45, 7) is 5.66. The molecule has 2 unspecified atom stereocenters. The van der Waals surface area contributed by atoms with Crippen LogP contribution in [0.2, 0.25) is 0 Å². The number of anilines is 2. The number of hydrogen-bond donors (Lipinski definition) is 2. The highest BCUT2D eigenvalue weighted by Gasteiger charge is 2.27. The Balaban J connectivity index is 2.06. The number of rotatable bonds is 2. The molecule has 6 nitrogen and oxygen atoms in total. The van der Waals surface area contributed by atoms with Crippen molar-refractivity contribution in [1.82, 2.24) is 4.98 Å². The van der Waals surface area contributed by atoms with Gasteiger partial charge in [-0.25, -0.2) is 4.79 Å². The van der Waals surface area contributed by atoms with Crippen molar-refractivity contribution in [2.24, 2.45) is 0 Å². The number of nitrogens with zero attached hydrogens (tertiary/aromatic N) is 1. The van der Waals surface area contributed by atoms with E-state index in [1.807, 2.05) is 13.0 Å². The van der Waals surface area contributed by atoms with Gasteiger partial charge in [0.25, 0.3) is 0 Å². The number of nitrogens with one attached hydrogen (secondary N) is 1. The molecule has 0 radical (unpaired) electrons. The SMILES string of the molecule is CCC1COC(C)CN1c1cc2[nH]c(=O)oc2cc1N. The fourth-order valence-electron chi connectivity index (χ4n) is 2.73. The third kappa shape index (κ3) is 2.16. The van der Waals surface area contributed by atoms with E-state index < -0.39 is 5.76 Å². The predicted molar refractivity (Wildman–Crippen MR) is 78.1 cm³/mol. The first-order valence-corrected chi connectivity index (χ1v) is 6.89. The van der Waals surface area contributed by atoms with Crippen molar-refractivity contribution in [3.05, 3.63) is 22.7 Å². The van der Waals surface area contributed by atoms with E-state index in [2.05, 4.69) is 16.8 Å². The molecule has 6 heteroatoms. The Morgan fingerprint density at radius 2 is 2.30 bits per heavy atom. The first-order valence-electron chi connectivity index (χ1n) is 6.89. The summed E-state index contributed by atoms with van der Waals surface area (Å²) in [7, 11) is 0. The molecule has 2 heterocycles. The monoisotopic (exact) mass is 277 g/mol. The molecule has 0 bridgehead atoms. The molecule has 108 valence electrons. The van der Waals surface area contributed by atoms with Crippen LogP contribution in [0.4, 0.5) is 11.4 Å². The average molecular weight is 277 g/mol. The summed E-state index contributed by atoms with van der Waals surface area (Å²) in [6.07, 6.45) is 1.14.